The second-order valence-corrected chi connectivity index (χ2v) is 8.56. The number of hydrogen-bond acceptors (Lipinski definition) is 6. The van der Waals surface area contributed by atoms with Gasteiger partial charge in [0.1, 0.15) is 5.82 Å². The van der Waals surface area contributed by atoms with Crippen LogP contribution in [0.4, 0.5) is 17.2 Å². The fourth-order valence-electron chi connectivity index (χ4n) is 4.09. The molecule has 5 rings (SSSR count). The molecule has 8 nitrogen and oxygen atoms in total. The zero-order valence-electron chi connectivity index (χ0n) is 16.4. The molecule has 4 aliphatic rings. The van der Waals surface area contributed by atoms with Crippen molar-refractivity contribution in [3.05, 3.63) is 68.7 Å². The van der Waals surface area contributed by atoms with Gasteiger partial charge in [-0.05, 0) is 42.0 Å². The van der Waals surface area contributed by atoms with Gasteiger partial charge in [-0.15, -0.1) is 0 Å². The summed E-state index contributed by atoms with van der Waals surface area (Å²) in [4.78, 5) is 24.6. The molecule has 2 N–H and O–H groups in total. The lowest BCUT2D eigenvalue weighted by molar-refractivity contribution is 0.606. The molecule has 0 aromatic heterocycles. The van der Waals surface area contributed by atoms with Gasteiger partial charge in [0.2, 0.25) is 10.9 Å². The van der Waals surface area contributed by atoms with Crippen LogP contribution in [0.25, 0.3) is 22.8 Å². The van der Waals surface area contributed by atoms with Crippen LogP contribution in [0.3, 0.4) is 0 Å². The van der Waals surface area contributed by atoms with Crippen molar-refractivity contribution in [1.82, 2.24) is 14.7 Å². The van der Waals surface area contributed by atoms with Gasteiger partial charge >= 0.3 is 0 Å². The van der Waals surface area contributed by atoms with Gasteiger partial charge in [-0.1, -0.05) is 11.6 Å². The van der Waals surface area contributed by atoms with Crippen LogP contribution in [0.2, 0.25) is 5.02 Å². The van der Waals surface area contributed by atoms with Crippen molar-refractivity contribution in [2.45, 2.75) is 0 Å². The number of aromatic amines is 1. The van der Waals surface area contributed by atoms with Crippen molar-refractivity contribution in [3.8, 4) is 11.1 Å². The molecule has 0 radical (unpaired) electrons. The van der Waals surface area contributed by atoms with Crippen molar-refractivity contribution in [2.24, 2.45) is 0 Å². The fraction of sp³-hybridized carbons (Fsp3) is 0.143. The zero-order valence-corrected chi connectivity index (χ0v) is 18.1. The minimum Gasteiger partial charge on any atom is -0.350 e. The summed E-state index contributed by atoms with van der Waals surface area (Å²) in [5, 5.41) is 2.07. The van der Waals surface area contributed by atoms with E-state index < -0.39 is 10.9 Å². The molecular formula is C21H18ClN5O3S. The average Bonchev–Trinajstić information content (AvgIpc) is 2.95. The van der Waals surface area contributed by atoms with E-state index in [2.05, 4.69) is 9.71 Å². The van der Waals surface area contributed by atoms with Crippen LogP contribution in [0, 0.1) is 0 Å². The van der Waals surface area contributed by atoms with Gasteiger partial charge in [-0.3, -0.25) is 4.79 Å². The van der Waals surface area contributed by atoms with Crippen LogP contribution in [0.15, 0.2) is 47.5 Å². The molecule has 0 atom stereocenters. The highest BCUT2D eigenvalue weighted by atomic mass is 35.5. The second kappa shape index (κ2) is 7.52. The van der Waals surface area contributed by atoms with Crippen molar-refractivity contribution < 1.29 is 8.42 Å². The summed E-state index contributed by atoms with van der Waals surface area (Å²) in [7, 11) is -0.895. The third-order valence-electron chi connectivity index (χ3n) is 5.49. The number of aromatic nitrogens is 2. The molecule has 10 heteroatoms. The molecule has 0 amide bonds. The largest absolute Gasteiger partial charge is 0.350 e. The Bertz CT molecular complexity index is 1450. The Morgan fingerprint density at radius 3 is 2.74 bits per heavy atom. The summed E-state index contributed by atoms with van der Waals surface area (Å²) >= 11 is 6.05. The van der Waals surface area contributed by atoms with Gasteiger partial charge in [0.05, 0.1) is 22.2 Å². The third kappa shape index (κ3) is 3.31. The molecule has 158 valence electrons. The molecule has 0 saturated heterocycles. The molecule has 0 aliphatic carbocycles. The SMILES string of the molecule is CN1C=CC(CN[SH](=O)=O)=c2cnc3c4c([nH]c(=O)c-4c21)=CCN3c1ccc(Cl)cc1. The summed E-state index contributed by atoms with van der Waals surface area (Å²) in [5.41, 5.74) is 3.36. The molecule has 0 spiro atoms. The van der Waals surface area contributed by atoms with Gasteiger partial charge in [0.25, 0.3) is 5.56 Å². The number of fused-ring (bicyclic) bond motifs is 2. The maximum atomic E-state index is 13.0. The van der Waals surface area contributed by atoms with E-state index >= 15 is 0 Å². The van der Waals surface area contributed by atoms with Crippen molar-refractivity contribution in [3.63, 3.8) is 0 Å². The Balaban J connectivity index is 1.81. The number of hydrogen-bond donors (Lipinski definition) is 3. The van der Waals surface area contributed by atoms with E-state index in [-0.39, 0.29) is 12.1 Å². The summed E-state index contributed by atoms with van der Waals surface area (Å²) in [5.74, 6) is 0.651. The first-order valence-corrected chi connectivity index (χ1v) is 11.1. The van der Waals surface area contributed by atoms with Gasteiger partial charge in [-0.25, -0.2) is 18.1 Å². The predicted molar refractivity (Wildman–Crippen MR) is 123 cm³/mol. The number of halogens is 1. The van der Waals surface area contributed by atoms with E-state index in [0.29, 0.717) is 33.9 Å². The van der Waals surface area contributed by atoms with Crippen molar-refractivity contribution in [2.75, 3.05) is 29.9 Å². The highest BCUT2D eigenvalue weighted by Gasteiger charge is 2.29. The van der Waals surface area contributed by atoms with E-state index in [1.165, 1.54) is 0 Å². The predicted octanol–water partition coefficient (Wildman–Crippen LogP) is 0.690. The van der Waals surface area contributed by atoms with Gasteiger partial charge in [0, 0.05) is 48.5 Å². The second-order valence-electron chi connectivity index (χ2n) is 7.30. The minimum atomic E-state index is -2.75. The van der Waals surface area contributed by atoms with Gasteiger partial charge in [-0.2, -0.15) is 0 Å². The van der Waals surface area contributed by atoms with Crippen LogP contribution in [-0.4, -0.2) is 38.5 Å². The lowest BCUT2D eigenvalue weighted by Crippen LogP contribution is -2.28. The molecule has 4 heterocycles. The molecule has 4 aliphatic heterocycles. The lowest BCUT2D eigenvalue weighted by atomic mass is 10.0. The normalized spacial score (nSPS) is 14.9. The molecule has 0 unspecified atom stereocenters. The zero-order chi connectivity index (χ0) is 21.7. The quantitative estimate of drug-likeness (QED) is 0.501. The Hall–Kier alpha value is -3.14. The van der Waals surface area contributed by atoms with Crippen molar-refractivity contribution >= 4 is 51.3 Å². The highest BCUT2D eigenvalue weighted by molar-refractivity contribution is 7.70. The van der Waals surface area contributed by atoms with Gasteiger partial charge in [0.15, 0.2) is 0 Å². The Labute approximate surface area is 184 Å². The van der Waals surface area contributed by atoms with Crippen molar-refractivity contribution in [1.29, 1.82) is 0 Å². The van der Waals surface area contributed by atoms with E-state index in [9.17, 15) is 13.2 Å². The molecule has 1 aromatic carbocycles. The number of nitrogens with one attached hydrogen (secondary N) is 2. The monoisotopic (exact) mass is 455 g/mol. The smallest absolute Gasteiger partial charge is 0.258 e. The molecular weight excluding hydrogens is 438 g/mol. The first-order chi connectivity index (χ1) is 14.9. The maximum absolute atomic E-state index is 13.0. The summed E-state index contributed by atoms with van der Waals surface area (Å²) < 4.78 is 24.6. The van der Waals surface area contributed by atoms with Gasteiger partial charge < -0.3 is 14.8 Å². The summed E-state index contributed by atoms with van der Waals surface area (Å²) in [6.07, 6.45) is 7.31. The topological polar surface area (TPSA) is 98.4 Å². The maximum Gasteiger partial charge on any atom is 0.258 e. The Morgan fingerprint density at radius 1 is 1.23 bits per heavy atom. The number of nitrogens with zero attached hydrogens (tertiary/aromatic N) is 3. The first-order valence-electron chi connectivity index (χ1n) is 9.54. The molecule has 31 heavy (non-hydrogen) atoms. The van der Waals surface area contributed by atoms with E-state index in [4.69, 9.17) is 16.6 Å². The third-order valence-corrected chi connectivity index (χ3v) is 6.16. The molecule has 0 fully saturated rings. The summed E-state index contributed by atoms with van der Waals surface area (Å²) in [6, 6.07) is 7.44. The average molecular weight is 456 g/mol. The van der Waals surface area contributed by atoms with Crippen LogP contribution in [-0.2, 0) is 10.9 Å². The van der Waals surface area contributed by atoms with E-state index in [0.717, 1.165) is 22.2 Å². The Morgan fingerprint density at radius 2 is 2.00 bits per heavy atom. The summed E-state index contributed by atoms with van der Waals surface area (Å²) in [6.45, 7) is 0.644. The van der Waals surface area contributed by atoms with Crippen LogP contribution >= 0.6 is 11.6 Å². The number of thiol groups is 1. The van der Waals surface area contributed by atoms with Crippen LogP contribution in [0.5, 0.6) is 0 Å². The Kier molecular flexibility index (Phi) is 4.81. The number of anilines is 3. The standard InChI is InChI=1S/C21H18ClN5O3S/c1-26-8-6-12(10-24-31(29)30)15-11-23-20-17-16(25-21(28)18(17)19(15)26)7-9-27(20)14-4-2-13(22)3-5-14/h2-8,11,31H,9-10H2,1H3,(H,25,28)(H,24,29,30). The fourth-order valence-corrected chi connectivity index (χ4v) is 4.51. The van der Waals surface area contributed by atoms with Crippen LogP contribution < -0.4 is 30.6 Å². The number of benzene rings is 1. The first kappa shape index (κ1) is 19.8. The number of rotatable bonds is 4. The van der Waals surface area contributed by atoms with Crippen LogP contribution in [0.1, 0.15) is 0 Å². The minimum absolute atomic E-state index is 0.108. The number of H-pyrrole nitrogens is 1. The molecule has 1 aromatic rings. The lowest BCUT2D eigenvalue weighted by Gasteiger charge is -2.26. The van der Waals surface area contributed by atoms with E-state index in [1.807, 2.05) is 59.5 Å². The van der Waals surface area contributed by atoms with E-state index in [1.54, 1.807) is 6.20 Å². The molecule has 0 bridgehead atoms. The molecule has 0 saturated carbocycles. The highest BCUT2D eigenvalue weighted by Crippen LogP contribution is 2.36.